The number of hydrogen-bond acceptors (Lipinski definition) is 5. The third kappa shape index (κ3) is 4.04. The summed E-state index contributed by atoms with van der Waals surface area (Å²) in [5.74, 6) is 1.02. The van der Waals surface area contributed by atoms with Crippen LogP contribution in [-0.4, -0.2) is 16.0 Å². The number of nitrogens with zero attached hydrogens (tertiary/aromatic N) is 2. The highest BCUT2D eigenvalue weighted by molar-refractivity contribution is 7.13. The Balaban J connectivity index is 1.56. The Kier molecular flexibility index (Phi) is 4.52. The standard InChI is InChI=1S/C17H17N3O2S/c1-11-3-5-13(6-4-11)17-18-14(10-23-17)7-8-16(21)19-15-9-12(2)22-20-15/h3-6,9-10H,7-8H2,1-2H3,(H,19,20,21). The largest absolute Gasteiger partial charge is 0.360 e. The van der Waals surface area contributed by atoms with Crippen LogP contribution in [0.2, 0.25) is 0 Å². The van der Waals surface area contributed by atoms with Gasteiger partial charge in [0.05, 0.1) is 5.69 Å². The van der Waals surface area contributed by atoms with Crippen molar-refractivity contribution in [3.05, 3.63) is 52.7 Å². The van der Waals surface area contributed by atoms with Gasteiger partial charge in [-0.1, -0.05) is 35.0 Å². The monoisotopic (exact) mass is 327 g/mol. The first kappa shape index (κ1) is 15.4. The van der Waals surface area contributed by atoms with Gasteiger partial charge in [-0.2, -0.15) is 0 Å². The average molecular weight is 327 g/mol. The molecular formula is C17H17N3O2S. The van der Waals surface area contributed by atoms with Crippen LogP contribution in [0.3, 0.4) is 0 Å². The molecule has 118 valence electrons. The van der Waals surface area contributed by atoms with Crippen LogP contribution in [0.5, 0.6) is 0 Å². The summed E-state index contributed by atoms with van der Waals surface area (Å²) in [5, 5.41) is 9.43. The topological polar surface area (TPSA) is 68.0 Å². The minimum atomic E-state index is -0.0943. The maximum absolute atomic E-state index is 11.9. The molecule has 1 amide bonds. The van der Waals surface area contributed by atoms with E-state index in [0.29, 0.717) is 24.4 Å². The van der Waals surface area contributed by atoms with Crippen molar-refractivity contribution < 1.29 is 9.32 Å². The predicted octanol–water partition coefficient (Wildman–Crippen LogP) is 3.99. The summed E-state index contributed by atoms with van der Waals surface area (Å²) in [6.07, 6.45) is 0.966. The number of carbonyl (C=O) groups excluding carboxylic acids is 1. The van der Waals surface area contributed by atoms with Gasteiger partial charge in [0.1, 0.15) is 10.8 Å². The molecule has 0 saturated heterocycles. The molecule has 0 bridgehead atoms. The zero-order chi connectivity index (χ0) is 16.2. The Hall–Kier alpha value is -2.47. The fourth-order valence-corrected chi connectivity index (χ4v) is 2.98. The molecule has 0 aliphatic heterocycles. The van der Waals surface area contributed by atoms with Gasteiger partial charge in [-0.25, -0.2) is 4.98 Å². The summed E-state index contributed by atoms with van der Waals surface area (Å²) in [6, 6.07) is 9.97. The number of anilines is 1. The second-order valence-electron chi connectivity index (χ2n) is 5.38. The number of amides is 1. The smallest absolute Gasteiger partial charge is 0.226 e. The lowest BCUT2D eigenvalue weighted by molar-refractivity contribution is -0.116. The van der Waals surface area contributed by atoms with Crippen molar-refractivity contribution >= 4 is 23.1 Å². The minimum absolute atomic E-state index is 0.0943. The number of aryl methyl sites for hydroxylation is 3. The number of aromatic nitrogens is 2. The molecule has 0 saturated carbocycles. The molecule has 0 spiro atoms. The molecule has 2 aromatic heterocycles. The average Bonchev–Trinajstić information content (AvgIpc) is 3.15. The van der Waals surface area contributed by atoms with E-state index in [4.69, 9.17) is 4.52 Å². The Labute approximate surface area is 138 Å². The van der Waals surface area contributed by atoms with Crippen molar-refractivity contribution in [1.29, 1.82) is 0 Å². The first-order valence-electron chi connectivity index (χ1n) is 7.35. The molecule has 3 rings (SSSR count). The zero-order valence-electron chi connectivity index (χ0n) is 13.0. The van der Waals surface area contributed by atoms with Gasteiger partial charge in [-0.3, -0.25) is 4.79 Å². The quantitative estimate of drug-likeness (QED) is 0.769. The summed E-state index contributed by atoms with van der Waals surface area (Å²) >= 11 is 1.60. The fourth-order valence-electron chi connectivity index (χ4n) is 2.12. The summed E-state index contributed by atoms with van der Waals surface area (Å²) < 4.78 is 4.91. The van der Waals surface area contributed by atoms with E-state index in [0.717, 1.165) is 16.3 Å². The zero-order valence-corrected chi connectivity index (χ0v) is 13.8. The van der Waals surface area contributed by atoms with Gasteiger partial charge in [0.25, 0.3) is 0 Å². The Bertz CT molecular complexity index is 805. The molecule has 3 aromatic rings. The molecule has 0 fully saturated rings. The molecule has 2 heterocycles. The van der Waals surface area contributed by atoms with Gasteiger partial charge in [-0.15, -0.1) is 11.3 Å². The van der Waals surface area contributed by atoms with Crippen LogP contribution < -0.4 is 5.32 Å². The van der Waals surface area contributed by atoms with Crippen molar-refractivity contribution in [1.82, 2.24) is 10.1 Å². The highest BCUT2D eigenvalue weighted by Gasteiger charge is 2.09. The molecule has 0 unspecified atom stereocenters. The molecule has 0 atom stereocenters. The predicted molar refractivity (Wildman–Crippen MR) is 90.5 cm³/mol. The second-order valence-corrected chi connectivity index (χ2v) is 6.24. The summed E-state index contributed by atoms with van der Waals surface area (Å²) in [5.41, 5.74) is 3.26. The van der Waals surface area contributed by atoms with Crippen LogP contribution in [0, 0.1) is 13.8 Å². The third-order valence-corrected chi connectivity index (χ3v) is 4.29. The number of benzene rings is 1. The van der Waals surface area contributed by atoms with Crippen LogP contribution in [0.4, 0.5) is 5.82 Å². The highest BCUT2D eigenvalue weighted by Crippen LogP contribution is 2.24. The molecule has 23 heavy (non-hydrogen) atoms. The van der Waals surface area contributed by atoms with Gasteiger partial charge in [-0.05, 0) is 20.3 Å². The molecular weight excluding hydrogens is 310 g/mol. The van der Waals surface area contributed by atoms with Crippen molar-refractivity contribution in [3.8, 4) is 10.6 Å². The minimum Gasteiger partial charge on any atom is -0.360 e. The molecule has 0 aliphatic rings. The van der Waals surface area contributed by atoms with Crippen LogP contribution in [0.1, 0.15) is 23.4 Å². The van der Waals surface area contributed by atoms with Gasteiger partial charge in [0, 0.05) is 23.4 Å². The molecule has 6 heteroatoms. The number of carbonyl (C=O) groups is 1. The second kappa shape index (κ2) is 6.75. The van der Waals surface area contributed by atoms with Crippen molar-refractivity contribution in [2.75, 3.05) is 5.32 Å². The van der Waals surface area contributed by atoms with Crippen molar-refractivity contribution in [2.24, 2.45) is 0 Å². The lowest BCUT2D eigenvalue weighted by atomic mass is 10.1. The van der Waals surface area contributed by atoms with E-state index in [2.05, 4.69) is 46.6 Å². The fraction of sp³-hybridized carbons (Fsp3) is 0.235. The van der Waals surface area contributed by atoms with E-state index in [9.17, 15) is 4.79 Å². The SMILES string of the molecule is Cc1ccc(-c2nc(CCC(=O)Nc3cc(C)on3)cs2)cc1. The van der Waals surface area contributed by atoms with E-state index in [1.807, 2.05) is 5.38 Å². The molecule has 1 aromatic carbocycles. The molecule has 1 N–H and O–H groups in total. The Morgan fingerprint density at radius 2 is 2.04 bits per heavy atom. The number of hydrogen-bond donors (Lipinski definition) is 1. The lowest BCUT2D eigenvalue weighted by Crippen LogP contribution is -2.12. The third-order valence-electron chi connectivity index (χ3n) is 3.35. The first-order valence-corrected chi connectivity index (χ1v) is 8.23. The van der Waals surface area contributed by atoms with E-state index >= 15 is 0 Å². The van der Waals surface area contributed by atoms with Crippen LogP contribution in [0.25, 0.3) is 10.6 Å². The maximum Gasteiger partial charge on any atom is 0.226 e. The van der Waals surface area contributed by atoms with Gasteiger partial charge in [0.15, 0.2) is 5.82 Å². The highest BCUT2D eigenvalue weighted by atomic mass is 32.1. The number of rotatable bonds is 5. The van der Waals surface area contributed by atoms with E-state index < -0.39 is 0 Å². The maximum atomic E-state index is 11.9. The van der Waals surface area contributed by atoms with Crippen molar-refractivity contribution in [3.63, 3.8) is 0 Å². The van der Waals surface area contributed by atoms with E-state index in [1.165, 1.54) is 5.56 Å². The normalized spacial score (nSPS) is 10.7. The summed E-state index contributed by atoms with van der Waals surface area (Å²) in [4.78, 5) is 16.5. The van der Waals surface area contributed by atoms with E-state index in [-0.39, 0.29) is 5.91 Å². The van der Waals surface area contributed by atoms with Crippen LogP contribution >= 0.6 is 11.3 Å². The number of thiazole rings is 1. The Morgan fingerprint density at radius 3 is 2.74 bits per heavy atom. The summed E-state index contributed by atoms with van der Waals surface area (Å²) in [7, 11) is 0. The molecule has 0 radical (unpaired) electrons. The lowest BCUT2D eigenvalue weighted by Gasteiger charge is -1.99. The van der Waals surface area contributed by atoms with Gasteiger partial charge >= 0.3 is 0 Å². The van der Waals surface area contributed by atoms with Crippen LogP contribution in [0.15, 0.2) is 40.2 Å². The van der Waals surface area contributed by atoms with Gasteiger partial charge < -0.3 is 9.84 Å². The van der Waals surface area contributed by atoms with Gasteiger partial charge in [0.2, 0.25) is 5.91 Å². The van der Waals surface area contributed by atoms with Crippen LogP contribution in [-0.2, 0) is 11.2 Å². The molecule has 5 nitrogen and oxygen atoms in total. The Morgan fingerprint density at radius 1 is 1.26 bits per heavy atom. The van der Waals surface area contributed by atoms with Crippen molar-refractivity contribution in [2.45, 2.75) is 26.7 Å². The number of nitrogens with one attached hydrogen (secondary N) is 1. The first-order chi connectivity index (χ1) is 11.1. The summed E-state index contributed by atoms with van der Waals surface area (Å²) in [6.45, 7) is 3.84. The molecule has 0 aliphatic carbocycles. The van der Waals surface area contributed by atoms with E-state index in [1.54, 1.807) is 24.3 Å².